The Labute approximate surface area is 77.0 Å². The third-order valence-electron chi connectivity index (χ3n) is 1.83. The molecule has 76 valence electrons. The summed E-state index contributed by atoms with van der Waals surface area (Å²) in [5.74, 6) is -0.326. The molecule has 7 heteroatoms. The number of amides is 1. The average Bonchev–Trinajstić information content (AvgIpc) is 2.48. The van der Waals surface area contributed by atoms with E-state index in [-0.39, 0.29) is 18.6 Å². The van der Waals surface area contributed by atoms with Crippen LogP contribution in [0.25, 0.3) is 0 Å². The Morgan fingerprint density at radius 3 is 2.77 bits per heavy atom. The van der Waals surface area contributed by atoms with Crippen LogP contribution in [0.1, 0.15) is 6.42 Å². The van der Waals surface area contributed by atoms with Gasteiger partial charge in [0.1, 0.15) is 5.94 Å². The minimum absolute atomic E-state index is 0.262. The molecule has 1 aliphatic heterocycles. The molecular formula is C6H11NO5S. The van der Waals surface area contributed by atoms with Gasteiger partial charge in [-0.2, -0.15) is 0 Å². The first kappa shape index (κ1) is 10.3. The molecule has 0 aromatic rings. The highest BCUT2D eigenvalue weighted by atomic mass is 32.2. The van der Waals surface area contributed by atoms with Gasteiger partial charge in [-0.1, -0.05) is 0 Å². The summed E-state index contributed by atoms with van der Waals surface area (Å²) < 4.78 is 25.3. The van der Waals surface area contributed by atoms with Crippen LogP contribution in [0.2, 0.25) is 0 Å². The number of carbonyl (C=O) groups is 1. The SMILES string of the molecule is O=C(O)N1CC[C@@H](OC[SH](=O)=O)C1. The molecule has 6 nitrogen and oxygen atoms in total. The van der Waals surface area contributed by atoms with Gasteiger partial charge in [0.15, 0.2) is 10.7 Å². The van der Waals surface area contributed by atoms with E-state index < -0.39 is 16.8 Å². The van der Waals surface area contributed by atoms with Crippen LogP contribution in [0.3, 0.4) is 0 Å². The van der Waals surface area contributed by atoms with Gasteiger partial charge >= 0.3 is 6.09 Å². The second-order valence-corrected chi connectivity index (χ2v) is 3.69. The van der Waals surface area contributed by atoms with E-state index in [9.17, 15) is 13.2 Å². The van der Waals surface area contributed by atoms with Gasteiger partial charge in [0.2, 0.25) is 0 Å². The summed E-state index contributed by atoms with van der Waals surface area (Å²) in [6.45, 7) is 0.675. The molecule has 0 unspecified atom stereocenters. The maximum atomic E-state index is 10.4. The van der Waals surface area contributed by atoms with E-state index >= 15 is 0 Å². The first-order valence-corrected chi connectivity index (χ1v) is 5.17. The molecule has 0 bridgehead atoms. The van der Waals surface area contributed by atoms with Crippen LogP contribution in [0, 0.1) is 0 Å². The molecule has 13 heavy (non-hydrogen) atoms. The number of carboxylic acid groups (broad SMARTS) is 1. The first-order chi connectivity index (χ1) is 6.09. The largest absolute Gasteiger partial charge is 0.465 e. The Bertz CT molecular complexity index is 256. The lowest BCUT2D eigenvalue weighted by atomic mass is 10.3. The fourth-order valence-electron chi connectivity index (χ4n) is 1.20. The smallest absolute Gasteiger partial charge is 0.407 e. The standard InChI is InChI=1S/C6H11NO5S/c8-6(9)7-2-1-5(3-7)12-4-13(10)11/h5,13H,1-4H2,(H,8,9)/t5-/m1/s1. The van der Waals surface area contributed by atoms with Crippen molar-refractivity contribution in [3.8, 4) is 0 Å². The second kappa shape index (κ2) is 4.43. The lowest BCUT2D eigenvalue weighted by Gasteiger charge is -2.11. The van der Waals surface area contributed by atoms with Gasteiger partial charge in [0, 0.05) is 6.54 Å². The monoisotopic (exact) mass is 209 g/mol. The third-order valence-corrected chi connectivity index (χ3v) is 2.19. The predicted molar refractivity (Wildman–Crippen MR) is 44.3 cm³/mol. The van der Waals surface area contributed by atoms with Crippen LogP contribution >= 0.6 is 0 Å². The van der Waals surface area contributed by atoms with Crippen LogP contribution in [0.5, 0.6) is 0 Å². The van der Waals surface area contributed by atoms with Crippen LogP contribution in [-0.2, 0) is 15.4 Å². The lowest BCUT2D eigenvalue weighted by molar-refractivity contribution is 0.0903. The van der Waals surface area contributed by atoms with Crippen LogP contribution in [0.15, 0.2) is 0 Å². The number of hydrogen-bond donors (Lipinski definition) is 2. The van der Waals surface area contributed by atoms with E-state index in [1.54, 1.807) is 0 Å². The normalized spacial score (nSPS) is 22.5. The van der Waals surface area contributed by atoms with Gasteiger partial charge in [-0.05, 0) is 6.42 Å². The van der Waals surface area contributed by atoms with Crippen molar-refractivity contribution in [2.24, 2.45) is 0 Å². The van der Waals surface area contributed by atoms with Crippen molar-refractivity contribution >= 4 is 16.8 Å². The zero-order valence-electron chi connectivity index (χ0n) is 6.88. The number of ether oxygens (including phenoxy) is 1. The summed E-state index contributed by atoms with van der Waals surface area (Å²) in [7, 11) is -2.53. The van der Waals surface area contributed by atoms with Crippen LogP contribution < -0.4 is 0 Å². The van der Waals surface area contributed by atoms with Crippen molar-refractivity contribution in [2.75, 3.05) is 19.0 Å². The minimum Gasteiger partial charge on any atom is -0.465 e. The van der Waals surface area contributed by atoms with E-state index in [1.807, 2.05) is 0 Å². The molecular weight excluding hydrogens is 198 g/mol. The summed E-state index contributed by atoms with van der Waals surface area (Å²) in [5, 5.41) is 8.56. The van der Waals surface area contributed by atoms with E-state index in [4.69, 9.17) is 9.84 Å². The second-order valence-electron chi connectivity index (χ2n) is 2.77. The van der Waals surface area contributed by atoms with Gasteiger partial charge in [-0.25, -0.2) is 13.2 Å². The Morgan fingerprint density at radius 2 is 2.31 bits per heavy atom. The average molecular weight is 209 g/mol. The van der Waals surface area contributed by atoms with Crippen molar-refractivity contribution in [1.29, 1.82) is 0 Å². The Morgan fingerprint density at radius 1 is 1.62 bits per heavy atom. The molecule has 1 rings (SSSR count). The van der Waals surface area contributed by atoms with Crippen molar-refractivity contribution in [3.05, 3.63) is 0 Å². The molecule has 0 aliphatic carbocycles. The fourth-order valence-corrected chi connectivity index (χ4v) is 1.54. The van der Waals surface area contributed by atoms with Crippen LogP contribution in [0.4, 0.5) is 4.79 Å². The highest BCUT2D eigenvalue weighted by Gasteiger charge is 2.26. The molecule has 0 aromatic carbocycles. The number of likely N-dealkylation sites (tertiary alicyclic amines) is 1. The first-order valence-electron chi connectivity index (χ1n) is 3.81. The number of hydrogen-bond acceptors (Lipinski definition) is 4. The summed E-state index contributed by atoms with van der Waals surface area (Å²) in [4.78, 5) is 11.6. The summed E-state index contributed by atoms with van der Waals surface area (Å²) in [6, 6.07) is 0. The van der Waals surface area contributed by atoms with Gasteiger partial charge in [-0.15, -0.1) is 0 Å². The van der Waals surface area contributed by atoms with Gasteiger partial charge in [0.05, 0.1) is 12.6 Å². The summed E-state index contributed by atoms with van der Waals surface area (Å²) >= 11 is 0. The number of nitrogens with zero attached hydrogens (tertiary/aromatic N) is 1. The molecule has 1 N–H and O–H groups in total. The highest BCUT2D eigenvalue weighted by Crippen LogP contribution is 2.12. The Hall–Kier alpha value is -0.820. The molecule has 0 aromatic heterocycles. The van der Waals surface area contributed by atoms with Crippen molar-refractivity contribution in [2.45, 2.75) is 12.5 Å². The summed E-state index contributed by atoms with van der Waals surface area (Å²) in [6.07, 6.45) is -0.697. The minimum atomic E-state index is -2.53. The molecule has 0 spiro atoms. The number of rotatable bonds is 3. The lowest BCUT2D eigenvalue weighted by Crippen LogP contribution is -2.28. The molecule has 1 amide bonds. The zero-order chi connectivity index (χ0) is 9.84. The quantitative estimate of drug-likeness (QED) is 0.602. The molecule has 1 aliphatic rings. The van der Waals surface area contributed by atoms with E-state index in [2.05, 4.69) is 0 Å². The maximum absolute atomic E-state index is 10.4. The van der Waals surface area contributed by atoms with Crippen molar-refractivity contribution in [3.63, 3.8) is 0 Å². The van der Waals surface area contributed by atoms with Gasteiger partial charge in [-0.3, -0.25) is 0 Å². The zero-order valence-corrected chi connectivity index (χ0v) is 7.77. The third kappa shape index (κ3) is 3.19. The van der Waals surface area contributed by atoms with Crippen molar-refractivity contribution in [1.82, 2.24) is 4.90 Å². The van der Waals surface area contributed by atoms with Gasteiger partial charge < -0.3 is 14.7 Å². The molecule has 1 atom stereocenters. The van der Waals surface area contributed by atoms with E-state index in [0.29, 0.717) is 13.0 Å². The van der Waals surface area contributed by atoms with Crippen molar-refractivity contribution < 1.29 is 23.1 Å². The Balaban J connectivity index is 2.29. The fraction of sp³-hybridized carbons (Fsp3) is 0.833. The van der Waals surface area contributed by atoms with Gasteiger partial charge in [0.25, 0.3) is 0 Å². The molecule has 1 heterocycles. The van der Waals surface area contributed by atoms with E-state index in [1.165, 1.54) is 4.90 Å². The molecule has 0 radical (unpaired) electrons. The van der Waals surface area contributed by atoms with E-state index in [0.717, 1.165) is 0 Å². The summed E-state index contributed by atoms with van der Waals surface area (Å²) in [5.41, 5.74) is 0. The predicted octanol–water partition coefficient (Wildman–Crippen LogP) is -0.676. The maximum Gasteiger partial charge on any atom is 0.407 e. The number of thiol groups is 1. The highest BCUT2D eigenvalue weighted by molar-refractivity contribution is 7.72. The Kier molecular flexibility index (Phi) is 3.49. The molecule has 1 saturated heterocycles. The molecule has 1 fully saturated rings. The molecule has 0 saturated carbocycles. The topological polar surface area (TPSA) is 83.9 Å². The van der Waals surface area contributed by atoms with Crippen LogP contribution in [-0.4, -0.2) is 49.6 Å².